The minimum Gasteiger partial charge on any atom is -0.492 e. The Morgan fingerprint density at radius 1 is 1.12 bits per heavy atom. The van der Waals surface area contributed by atoms with Gasteiger partial charge >= 0.3 is 0 Å². The van der Waals surface area contributed by atoms with E-state index >= 15 is 0 Å². The molecule has 2 aromatic carbocycles. The van der Waals surface area contributed by atoms with Crippen molar-refractivity contribution in [2.45, 2.75) is 19.4 Å². The van der Waals surface area contributed by atoms with Gasteiger partial charge in [0.2, 0.25) is 5.91 Å². The molecule has 25 heavy (non-hydrogen) atoms. The Kier molecular flexibility index (Phi) is 7.29. The van der Waals surface area contributed by atoms with E-state index in [1.54, 1.807) is 0 Å². The predicted molar refractivity (Wildman–Crippen MR) is 102 cm³/mol. The molecule has 0 aliphatic carbocycles. The number of nitrogens with zero attached hydrogens (tertiary/aromatic N) is 1. The molecule has 1 unspecified atom stereocenters. The molecule has 1 aliphatic rings. The molecule has 2 aromatic rings. The molecule has 0 radical (unpaired) electrons. The van der Waals surface area contributed by atoms with Gasteiger partial charge in [0.25, 0.3) is 0 Å². The highest BCUT2D eigenvalue weighted by Gasteiger charge is 2.29. The molecular weight excluding hydrogens is 336 g/mol. The van der Waals surface area contributed by atoms with Crippen molar-refractivity contribution in [3.05, 3.63) is 65.7 Å². The monoisotopic (exact) mass is 360 g/mol. The fraction of sp³-hybridized carbons (Fsp3) is 0.350. The van der Waals surface area contributed by atoms with Crippen LogP contribution in [0, 0.1) is 5.92 Å². The van der Waals surface area contributed by atoms with E-state index in [-0.39, 0.29) is 24.2 Å². The zero-order valence-corrected chi connectivity index (χ0v) is 15.1. The fourth-order valence-electron chi connectivity index (χ4n) is 3.10. The Balaban J connectivity index is 0.00000225. The van der Waals surface area contributed by atoms with Crippen molar-refractivity contribution in [3.8, 4) is 5.75 Å². The van der Waals surface area contributed by atoms with Gasteiger partial charge in [-0.1, -0.05) is 48.5 Å². The summed E-state index contributed by atoms with van der Waals surface area (Å²) in [5.41, 5.74) is 7.90. The van der Waals surface area contributed by atoms with Crippen LogP contribution in [0.3, 0.4) is 0 Å². The van der Waals surface area contributed by atoms with Crippen molar-refractivity contribution in [3.63, 3.8) is 0 Å². The largest absolute Gasteiger partial charge is 0.492 e. The number of fused-ring (bicyclic) bond motifs is 1. The minimum atomic E-state index is -0.124. The molecule has 134 valence electrons. The number of hydrogen-bond donors (Lipinski definition) is 1. The SMILES string of the molecule is Cl.NCCCN(Cc1ccccc1)C(=O)C1COc2ccccc2C1. The van der Waals surface area contributed by atoms with E-state index in [1.165, 1.54) is 0 Å². The number of carbonyl (C=O) groups is 1. The lowest BCUT2D eigenvalue weighted by Gasteiger charge is -2.30. The Hall–Kier alpha value is -2.04. The van der Waals surface area contributed by atoms with Crippen molar-refractivity contribution in [1.82, 2.24) is 4.90 Å². The van der Waals surface area contributed by atoms with Crippen molar-refractivity contribution in [2.75, 3.05) is 19.7 Å². The maximum atomic E-state index is 13.0. The minimum absolute atomic E-state index is 0. The molecule has 1 heterocycles. The first kappa shape index (κ1) is 19.3. The summed E-state index contributed by atoms with van der Waals surface area (Å²) in [6.45, 7) is 2.34. The molecule has 0 saturated heterocycles. The van der Waals surface area contributed by atoms with E-state index in [4.69, 9.17) is 10.5 Å². The molecule has 0 spiro atoms. The molecule has 4 nitrogen and oxygen atoms in total. The highest BCUT2D eigenvalue weighted by Crippen LogP contribution is 2.28. The maximum Gasteiger partial charge on any atom is 0.229 e. The molecular formula is C20H25ClN2O2. The van der Waals surface area contributed by atoms with Crippen LogP contribution in [0.5, 0.6) is 5.75 Å². The van der Waals surface area contributed by atoms with E-state index in [0.29, 0.717) is 26.2 Å². The smallest absolute Gasteiger partial charge is 0.229 e. The standard InChI is InChI=1S/C20H24N2O2.ClH/c21-11-6-12-22(14-16-7-2-1-3-8-16)20(23)18-13-17-9-4-5-10-19(17)24-15-18;/h1-5,7-10,18H,6,11-15,21H2;1H. The number of benzene rings is 2. The summed E-state index contributed by atoms with van der Waals surface area (Å²) in [7, 11) is 0. The first-order valence-corrected chi connectivity index (χ1v) is 8.51. The van der Waals surface area contributed by atoms with Gasteiger partial charge in [-0.2, -0.15) is 0 Å². The summed E-state index contributed by atoms with van der Waals surface area (Å²) in [5.74, 6) is 0.932. The van der Waals surface area contributed by atoms with Crippen LogP contribution in [0.1, 0.15) is 17.5 Å². The Bertz CT molecular complexity index is 678. The lowest BCUT2D eigenvalue weighted by Crippen LogP contribution is -2.41. The highest BCUT2D eigenvalue weighted by molar-refractivity contribution is 5.85. The number of nitrogens with two attached hydrogens (primary N) is 1. The molecule has 1 amide bonds. The molecule has 0 saturated carbocycles. The lowest BCUT2D eigenvalue weighted by molar-refractivity contribution is -0.137. The number of ether oxygens (including phenoxy) is 1. The Morgan fingerprint density at radius 2 is 1.84 bits per heavy atom. The number of hydrogen-bond acceptors (Lipinski definition) is 3. The lowest BCUT2D eigenvalue weighted by atomic mass is 9.95. The number of carbonyl (C=O) groups excluding carboxylic acids is 1. The van der Waals surface area contributed by atoms with Crippen LogP contribution < -0.4 is 10.5 Å². The molecule has 2 N–H and O–H groups in total. The highest BCUT2D eigenvalue weighted by atomic mass is 35.5. The fourth-order valence-corrected chi connectivity index (χ4v) is 3.10. The second kappa shape index (κ2) is 9.44. The second-order valence-corrected chi connectivity index (χ2v) is 6.21. The zero-order chi connectivity index (χ0) is 16.8. The normalized spacial score (nSPS) is 15.5. The molecule has 5 heteroatoms. The quantitative estimate of drug-likeness (QED) is 0.861. The number of halogens is 1. The van der Waals surface area contributed by atoms with E-state index in [0.717, 1.165) is 29.7 Å². The van der Waals surface area contributed by atoms with Gasteiger partial charge in [-0.05, 0) is 36.6 Å². The van der Waals surface area contributed by atoms with Crippen LogP contribution in [-0.2, 0) is 17.8 Å². The average molecular weight is 361 g/mol. The summed E-state index contributed by atoms with van der Waals surface area (Å²) >= 11 is 0. The van der Waals surface area contributed by atoms with Crippen LogP contribution in [0.25, 0.3) is 0 Å². The van der Waals surface area contributed by atoms with Gasteiger partial charge in [-0.25, -0.2) is 0 Å². The zero-order valence-electron chi connectivity index (χ0n) is 14.3. The third-order valence-corrected chi connectivity index (χ3v) is 4.39. The van der Waals surface area contributed by atoms with E-state index < -0.39 is 0 Å². The van der Waals surface area contributed by atoms with E-state index in [1.807, 2.05) is 47.4 Å². The third-order valence-electron chi connectivity index (χ3n) is 4.39. The Labute approximate surface area is 155 Å². The van der Waals surface area contributed by atoms with Crippen molar-refractivity contribution in [1.29, 1.82) is 0 Å². The van der Waals surface area contributed by atoms with Gasteiger partial charge < -0.3 is 15.4 Å². The summed E-state index contributed by atoms with van der Waals surface area (Å²) in [6.07, 6.45) is 1.55. The third kappa shape index (κ3) is 4.97. The van der Waals surface area contributed by atoms with Crippen LogP contribution in [0.4, 0.5) is 0 Å². The molecule has 1 aliphatic heterocycles. The van der Waals surface area contributed by atoms with Gasteiger partial charge in [0.05, 0.1) is 5.92 Å². The number of rotatable bonds is 6. The van der Waals surface area contributed by atoms with Crippen LogP contribution in [0.2, 0.25) is 0 Å². The van der Waals surface area contributed by atoms with E-state index in [9.17, 15) is 4.79 Å². The summed E-state index contributed by atoms with van der Waals surface area (Å²) in [4.78, 5) is 14.9. The van der Waals surface area contributed by atoms with Crippen LogP contribution in [0.15, 0.2) is 54.6 Å². The van der Waals surface area contributed by atoms with Crippen molar-refractivity contribution in [2.24, 2.45) is 11.7 Å². The maximum absolute atomic E-state index is 13.0. The average Bonchev–Trinajstić information content (AvgIpc) is 2.65. The van der Waals surface area contributed by atoms with Gasteiger partial charge in [0.1, 0.15) is 12.4 Å². The van der Waals surface area contributed by atoms with Gasteiger partial charge in [-0.15, -0.1) is 12.4 Å². The van der Waals surface area contributed by atoms with Gasteiger partial charge in [-0.3, -0.25) is 4.79 Å². The van der Waals surface area contributed by atoms with Crippen molar-refractivity contribution < 1.29 is 9.53 Å². The number of amides is 1. The summed E-state index contributed by atoms with van der Waals surface area (Å²) < 4.78 is 5.79. The van der Waals surface area contributed by atoms with Gasteiger partial charge in [0, 0.05) is 13.1 Å². The first-order chi connectivity index (χ1) is 11.8. The first-order valence-electron chi connectivity index (χ1n) is 8.51. The molecule has 0 bridgehead atoms. The summed E-state index contributed by atoms with van der Waals surface area (Å²) in [6, 6.07) is 18.0. The Morgan fingerprint density at radius 3 is 2.60 bits per heavy atom. The summed E-state index contributed by atoms with van der Waals surface area (Å²) in [5, 5.41) is 0. The predicted octanol–water partition coefficient (Wildman–Crippen LogP) is 3.04. The second-order valence-electron chi connectivity index (χ2n) is 6.21. The van der Waals surface area contributed by atoms with Crippen molar-refractivity contribution >= 4 is 18.3 Å². The van der Waals surface area contributed by atoms with Gasteiger partial charge in [0.15, 0.2) is 0 Å². The topological polar surface area (TPSA) is 55.6 Å². The van der Waals surface area contributed by atoms with E-state index in [2.05, 4.69) is 12.1 Å². The molecule has 1 atom stereocenters. The number of para-hydroxylation sites is 1. The molecule has 0 fully saturated rings. The van der Waals surface area contributed by atoms with Crippen LogP contribution >= 0.6 is 12.4 Å². The van der Waals surface area contributed by atoms with Crippen LogP contribution in [-0.4, -0.2) is 30.5 Å². The molecule has 0 aromatic heterocycles. The molecule has 3 rings (SSSR count).